The minimum absolute atomic E-state index is 0.0807. The fourth-order valence-electron chi connectivity index (χ4n) is 2.07. The molecule has 1 atom stereocenters. The maximum atomic E-state index is 11.6. The van der Waals surface area contributed by atoms with Gasteiger partial charge in [0.25, 0.3) is 0 Å². The van der Waals surface area contributed by atoms with Gasteiger partial charge in [-0.2, -0.15) is 5.10 Å². The van der Waals surface area contributed by atoms with Crippen molar-refractivity contribution in [3.05, 3.63) is 34.3 Å². The zero-order valence-electron chi connectivity index (χ0n) is 10.8. The molecule has 1 aromatic carbocycles. The van der Waals surface area contributed by atoms with E-state index in [0.29, 0.717) is 6.42 Å². The molecule has 0 aromatic heterocycles. The summed E-state index contributed by atoms with van der Waals surface area (Å²) in [5, 5.41) is 3.86. The van der Waals surface area contributed by atoms with E-state index in [0.717, 1.165) is 10.0 Å². The summed E-state index contributed by atoms with van der Waals surface area (Å²) in [5.41, 5.74) is 3.30. The Kier molecular flexibility index (Phi) is 4.93. The first kappa shape index (κ1) is 15.2. The average Bonchev–Trinajstić information content (AvgIpc) is 2.71. The Bertz CT molecular complexity index is 611. The van der Waals surface area contributed by atoms with E-state index >= 15 is 0 Å². The Morgan fingerprint density at radius 3 is 2.70 bits per heavy atom. The highest BCUT2D eigenvalue weighted by Crippen LogP contribution is 2.21. The number of rotatable bonds is 4. The predicted molar refractivity (Wildman–Crippen MR) is 81.3 cm³/mol. The number of hydrogen-bond donors (Lipinski definition) is 1. The van der Waals surface area contributed by atoms with Gasteiger partial charge in [-0.15, -0.1) is 0 Å². The second-order valence-corrected chi connectivity index (χ2v) is 7.96. The second-order valence-electron chi connectivity index (χ2n) is 4.82. The van der Waals surface area contributed by atoms with E-state index in [1.165, 1.54) is 0 Å². The van der Waals surface area contributed by atoms with E-state index < -0.39 is 9.84 Å². The van der Waals surface area contributed by atoms with Gasteiger partial charge < -0.3 is 0 Å². The van der Waals surface area contributed by atoms with E-state index in [9.17, 15) is 13.2 Å². The van der Waals surface area contributed by atoms with Crippen LogP contribution in [0, 0.1) is 5.92 Å². The van der Waals surface area contributed by atoms with Crippen LogP contribution in [0.2, 0.25) is 0 Å². The third-order valence-electron chi connectivity index (χ3n) is 3.07. The molecule has 0 unspecified atom stereocenters. The third-order valence-corrected chi connectivity index (χ3v) is 5.44. The molecule has 0 bridgehead atoms. The van der Waals surface area contributed by atoms with E-state index in [2.05, 4.69) is 26.5 Å². The summed E-state index contributed by atoms with van der Waals surface area (Å²) in [6.45, 7) is 0. The normalized spacial score (nSPS) is 21.1. The van der Waals surface area contributed by atoms with Gasteiger partial charge in [0.05, 0.1) is 17.7 Å². The van der Waals surface area contributed by atoms with Gasteiger partial charge in [0.2, 0.25) is 5.91 Å². The van der Waals surface area contributed by atoms with Gasteiger partial charge in [0.1, 0.15) is 0 Å². The monoisotopic (exact) mass is 358 g/mol. The van der Waals surface area contributed by atoms with Crippen LogP contribution < -0.4 is 5.43 Å². The van der Waals surface area contributed by atoms with Crippen LogP contribution in [0.1, 0.15) is 18.4 Å². The predicted octanol–water partition coefficient (Wildman–Crippen LogP) is 1.72. The van der Waals surface area contributed by atoms with Crippen molar-refractivity contribution in [1.82, 2.24) is 5.43 Å². The van der Waals surface area contributed by atoms with Crippen LogP contribution >= 0.6 is 15.9 Å². The summed E-state index contributed by atoms with van der Waals surface area (Å²) in [6.07, 6.45) is 2.32. The maximum Gasteiger partial charge on any atom is 0.240 e. The lowest BCUT2D eigenvalue weighted by molar-refractivity contribution is -0.121. The SMILES string of the molecule is O=C(C[C@H]1CCS(=O)(=O)C1)N/N=C\c1ccc(Br)cc1. The highest BCUT2D eigenvalue weighted by Gasteiger charge is 2.29. The van der Waals surface area contributed by atoms with Crippen LogP contribution in [-0.4, -0.2) is 32.0 Å². The molecule has 1 saturated heterocycles. The van der Waals surface area contributed by atoms with Crippen LogP contribution in [0.4, 0.5) is 0 Å². The molecular weight excluding hydrogens is 344 g/mol. The summed E-state index contributed by atoms with van der Waals surface area (Å²) in [5.74, 6) is -0.0346. The molecule has 1 fully saturated rings. The quantitative estimate of drug-likeness (QED) is 0.657. The Hall–Kier alpha value is -1.21. The number of carbonyl (C=O) groups excluding carboxylic acids is 1. The summed E-state index contributed by atoms with van der Waals surface area (Å²) in [6, 6.07) is 7.49. The van der Waals surface area contributed by atoms with Gasteiger partial charge in [0.15, 0.2) is 9.84 Å². The highest BCUT2D eigenvalue weighted by atomic mass is 79.9. The summed E-state index contributed by atoms with van der Waals surface area (Å²) in [4.78, 5) is 11.6. The molecular formula is C13H15BrN2O3S. The fourth-order valence-corrected chi connectivity index (χ4v) is 4.19. The van der Waals surface area contributed by atoms with Crippen molar-refractivity contribution in [3.8, 4) is 0 Å². The lowest BCUT2D eigenvalue weighted by atomic mass is 10.1. The van der Waals surface area contributed by atoms with Gasteiger partial charge in [-0.3, -0.25) is 4.79 Å². The number of halogens is 1. The molecule has 1 N–H and O–H groups in total. The molecule has 1 aromatic rings. The van der Waals surface area contributed by atoms with Crippen molar-refractivity contribution in [2.24, 2.45) is 11.0 Å². The Labute approximate surface area is 126 Å². The number of nitrogens with one attached hydrogen (secondary N) is 1. The van der Waals surface area contributed by atoms with Crippen molar-refractivity contribution >= 4 is 37.9 Å². The van der Waals surface area contributed by atoms with E-state index in [1.54, 1.807) is 6.21 Å². The third kappa shape index (κ3) is 4.72. The van der Waals surface area contributed by atoms with Crippen LogP contribution in [0.3, 0.4) is 0 Å². The smallest absolute Gasteiger partial charge is 0.240 e. The van der Waals surface area contributed by atoms with Crippen molar-refractivity contribution in [1.29, 1.82) is 0 Å². The molecule has 0 radical (unpaired) electrons. The van der Waals surface area contributed by atoms with E-state index in [1.807, 2.05) is 24.3 Å². The lowest BCUT2D eigenvalue weighted by Crippen LogP contribution is -2.21. The van der Waals surface area contributed by atoms with Crippen LogP contribution in [0.5, 0.6) is 0 Å². The molecule has 108 valence electrons. The number of nitrogens with zero attached hydrogens (tertiary/aromatic N) is 1. The van der Waals surface area contributed by atoms with E-state index in [4.69, 9.17) is 0 Å². The number of amides is 1. The molecule has 0 spiro atoms. The van der Waals surface area contributed by atoms with Gasteiger partial charge in [-0.1, -0.05) is 28.1 Å². The highest BCUT2D eigenvalue weighted by molar-refractivity contribution is 9.10. The summed E-state index contributed by atoms with van der Waals surface area (Å²) < 4.78 is 23.5. The molecule has 1 aliphatic rings. The molecule has 20 heavy (non-hydrogen) atoms. The lowest BCUT2D eigenvalue weighted by Gasteiger charge is -2.05. The van der Waals surface area contributed by atoms with Gasteiger partial charge in [-0.05, 0) is 30.0 Å². The van der Waals surface area contributed by atoms with Crippen molar-refractivity contribution in [2.75, 3.05) is 11.5 Å². The zero-order valence-corrected chi connectivity index (χ0v) is 13.2. The fraction of sp³-hybridized carbons (Fsp3) is 0.385. The Balaban J connectivity index is 1.79. The van der Waals surface area contributed by atoms with Crippen LogP contribution in [0.25, 0.3) is 0 Å². The van der Waals surface area contributed by atoms with Crippen molar-refractivity contribution < 1.29 is 13.2 Å². The van der Waals surface area contributed by atoms with E-state index in [-0.39, 0.29) is 29.8 Å². The first-order chi connectivity index (χ1) is 9.44. The molecule has 1 amide bonds. The van der Waals surface area contributed by atoms with Crippen molar-refractivity contribution in [2.45, 2.75) is 12.8 Å². The molecule has 5 nitrogen and oxygen atoms in total. The Morgan fingerprint density at radius 1 is 1.40 bits per heavy atom. The second kappa shape index (κ2) is 6.49. The van der Waals surface area contributed by atoms with Crippen molar-refractivity contribution in [3.63, 3.8) is 0 Å². The first-order valence-corrected chi connectivity index (χ1v) is 8.84. The molecule has 1 heterocycles. The summed E-state index contributed by atoms with van der Waals surface area (Å²) in [7, 11) is -2.93. The first-order valence-electron chi connectivity index (χ1n) is 6.22. The Morgan fingerprint density at radius 2 is 2.10 bits per heavy atom. The van der Waals surface area contributed by atoms with Gasteiger partial charge >= 0.3 is 0 Å². The van der Waals surface area contributed by atoms with Gasteiger partial charge in [-0.25, -0.2) is 13.8 Å². The standard InChI is InChI=1S/C13H15BrN2O3S/c14-12-3-1-10(2-4-12)8-15-16-13(17)7-11-5-6-20(18,19)9-11/h1-4,8,11H,5-7,9H2,(H,16,17)/b15-8-/t11-/m1/s1. The number of sulfone groups is 1. The largest absolute Gasteiger partial charge is 0.273 e. The molecule has 1 aliphatic heterocycles. The number of benzene rings is 1. The van der Waals surface area contributed by atoms with Crippen LogP contribution in [0.15, 0.2) is 33.8 Å². The van der Waals surface area contributed by atoms with Gasteiger partial charge in [0, 0.05) is 10.9 Å². The molecule has 2 rings (SSSR count). The minimum Gasteiger partial charge on any atom is -0.273 e. The molecule has 0 saturated carbocycles. The molecule has 0 aliphatic carbocycles. The maximum absolute atomic E-state index is 11.6. The number of hydrazone groups is 1. The summed E-state index contributed by atoms with van der Waals surface area (Å²) >= 11 is 3.33. The minimum atomic E-state index is -2.93. The average molecular weight is 359 g/mol. The zero-order chi connectivity index (χ0) is 14.6. The molecule has 7 heteroatoms. The number of carbonyl (C=O) groups is 1. The van der Waals surface area contributed by atoms with Crippen LogP contribution in [-0.2, 0) is 14.6 Å². The number of hydrogen-bond acceptors (Lipinski definition) is 4. The topological polar surface area (TPSA) is 75.6 Å².